The van der Waals surface area contributed by atoms with Crippen molar-refractivity contribution < 1.29 is 4.79 Å². The van der Waals surface area contributed by atoms with Crippen LogP contribution in [0, 0.1) is 5.41 Å². The second-order valence-corrected chi connectivity index (χ2v) is 7.02. The van der Waals surface area contributed by atoms with E-state index in [2.05, 4.69) is 20.1 Å². The molecule has 0 aliphatic carbocycles. The summed E-state index contributed by atoms with van der Waals surface area (Å²) in [5, 5.41) is 3.40. The first kappa shape index (κ1) is 18.4. The van der Waals surface area contributed by atoms with Crippen molar-refractivity contribution in [2.75, 3.05) is 44.7 Å². The number of amides is 1. The molecule has 0 bridgehead atoms. The molecule has 1 fully saturated rings. The molecule has 1 aliphatic heterocycles. The maximum absolute atomic E-state index is 11.8. The minimum absolute atomic E-state index is 0.0355. The highest BCUT2D eigenvalue weighted by Crippen LogP contribution is 2.20. The van der Waals surface area contributed by atoms with Crippen LogP contribution >= 0.6 is 11.6 Å². The lowest BCUT2D eigenvalue weighted by atomic mass is 9.93. The molecule has 1 aromatic carbocycles. The quantitative estimate of drug-likeness (QED) is 0.637. The van der Waals surface area contributed by atoms with Gasteiger partial charge in [0, 0.05) is 43.9 Å². The summed E-state index contributed by atoms with van der Waals surface area (Å²) in [4.78, 5) is 20.6. The van der Waals surface area contributed by atoms with Crippen LogP contribution in [-0.2, 0) is 4.79 Å². The molecule has 1 heterocycles. The SMILES string of the molecule is CNC(=O)C(C)(C)CN=C(N)N1CCN(c2ccc(Cl)cc2)CC1. The third kappa shape index (κ3) is 4.54. The average molecular weight is 352 g/mol. The molecule has 7 heteroatoms. The Balaban J connectivity index is 1.90. The van der Waals surface area contributed by atoms with Gasteiger partial charge >= 0.3 is 0 Å². The minimum Gasteiger partial charge on any atom is -0.370 e. The molecule has 132 valence electrons. The van der Waals surface area contributed by atoms with Gasteiger partial charge in [0.05, 0.1) is 12.0 Å². The maximum Gasteiger partial charge on any atom is 0.227 e. The molecule has 1 aliphatic rings. The van der Waals surface area contributed by atoms with Gasteiger partial charge in [-0.05, 0) is 38.1 Å². The molecule has 1 aromatic rings. The highest BCUT2D eigenvalue weighted by molar-refractivity contribution is 6.30. The number of nitrogens with one attached hydrogen (secondary N) is 1. The van der Waals surface area contributed by atoms with Gasteiger partial charge in [-0.15, -0.1) is 0 Å². The van der Waals surface area contributed by atoms with Crippen LogP contribution in [0.15, 0.2) is 29.3 Å². The van der Waals surface area contributed by atoms with Crippen molar-refractivity contribution in [3.05, 3.63) is 29.3 Å². The van der Waals surface area contributed by atoms with E-state index in [9.17, 15) is 4.79 Å². The Kier molecular flexibility index (Phi) is 5.94. The minimum atomic E-state index is -0.565. The lowest BCUT2D eigenvalue weighted by molar-refractivity contribution is -0.128. The van der Waals surface area contributed by atoms with Crippen molar-refractivity contribution >= 4 is 29.2 Å². The van der Waals surface area contributed by atoms with Gasteiger partial charge in [0.2, 0.25) is 5.91 Å². The number of aliphatic imine (C=N–C) groups is 1. The fourth-order valence-electron chi connectivity index (χ4n) is 2.63. The maximum atomic E-state index is 11.8. The van der Waals surface area contributed by atoms with E-state index in [1.165, 1.54) is 0 Å². The van der Waals surface area contributed by atoms with Crippen molar-refractivity contribution in [2.45, 2.75) is 13.8 Å². The standard InChI is InChI=1S/C17H26ClN5O/c1-17(2,15(24)20-3)12-21-16(19)23-10-8-22(9-11-23)14-6-4-13(18)5-7-14/h4-7H,8-12H2,1-3H3,(H2,19,21)(H,20,24). The van der Waals surface area contributed by atoms with Crippen molar-refractivity contribution in [2.24, 2.45) is 16.1 Å². The zero-order chi connectivity index (χ0) is 17.7. The van der Waals surface area contributed by atoms with E-state index >= 15 is 0 Å². The van der Waals surface area contributed by atoms with Gasteiger partial charge in [-0.1, -0.05) is 11.6 Å². The first-order chi connectivity index (χ1) is 11.3. The van der Waals surface area contributed by atoms with Crippen LogP contribution in [0.2, 0.25) is 5.02 Å². The molecule has 0 saturated carbocycles. The molecule has 0 unspecified atom stereocenters. The number of rotatable bonds is 4. The molecule has 0 spiro atoms. The van der Waals surface area contributed by atoms with Gasteiger partial charge in [0.25, 0.3) is 0 Å². The number of nitrogens with two attached hydrogens (primary N) is 1. The number of nitrogens with zero attached hydrogens (tertiary/aromatic N) is 3. The zero-order valence-electron chi connectivity index (χ0n) is 14.6. The first-order valence-corrected chi connectivity index (χ1v) is 8.49. The van der Waals surface area contributed by atoms with E-state index in [1.54, 1.807) is 7.05 Å². The number of hydrogen-bond acceptors (Lipinski definition) is 3. The molecule has 1 amide bonds. The summed E-state index contributed by atoms with van der Waals surface area (Å²) in [5.41, 5.74) is 6.71. The molecule has 2 rings (SSSR count). The van der Waals surface area contributed by atoms with Crippen molar-refractivity contribution in [3.8, 4) is 0 Å². The highest BCUT2D eigenvalue weighted by atomic mass is 35.5. The Hall–Kier alpha value is -1.95. The van der Waals surface area contributed by atoms with Gasteiger partial charge in [0.15, 0.2) is 5.96 Å². The average Bonchev–Trinajstić information content (AvgIpc) is 2.59. The molecular formula is C17H26ClN5O. The van der Waals surface area contributed by atoms with E-state index in [0.717, 1.165) is 36.9 Å². The van der Waals surface area contributed by atoms with Crippen LogP contribution in [-0.4, -0.2) is 56.5 Å². The summed E-state index contributed by atoms with van der Waals surface area (Å²) in [6, 6.07) is 7.86. The predicted molar refractivity (Wildman–Crippen MR) is 99.6 cm³/mol. The van der Waals surface area contributed by atoms with E-state index in [1.807, 2.05) is 38.1 Å². The summed E-state index contributed by atoms with van der Waals surface area (Å²) in [6.45, 7) is 7.45. The van der Waals surface area contributed by atoms with Crippen LogP contribution in [0.5, 0.6) is 0 Å². The highest BCUT2D eigenvalue weighted by Gasteiger charge is 2.27. The lowest BCUT2D eigenvalue weighted by Crippen LogP contribution is -2.51. The largest absolute Gasteiger partial charge is 0.370 e. The van der Waals surface area contributed by atoms with E-state index in [0.29, 0.717) is 12.5 Å². The summed E-state index contributed by atoms with van der Waals surface area (Å²) < 4.78 is 0. The van der Waals surface area contributed by atoms with E-state index in [-0.39, 0.29) is 5.91 Å². The fourth-order valence-corrected chi connectivity index (χ4v) is 2.76. The number of guanidine groups is 1. The summed E-state index contributed by atoms with van der Waals surface area (Å²) >= 11 is 5.93. The summed E-state index contributed by atoms with van der Waals surface area (Å²) in [6.07, 6.45) is 0. The smallest absolute Gasteiger partial charge is 0.227 e. The van der Waals surface area contributed by atoms with E-state index < -0.39 is 5.41 Å². The van der Waals surface area contributed by atoms with Crippen molar-refractivity contribution in [1.82, 2.24) is 10.2 Å². The molecule has 0 aromatic heterocycles. The van der Waals surface area contributed by atoms with Crippen molar-refractivity contribution in [1.29, 1.82) is 0 Å². The van der Waals surface area contributed by atoms with Gasteiger partial charge in [-0.3, -0.25) is 9.79 Å². The van der Waals surface area contributed by atoms with Crippen LogP contribution in [0.25, 0.3) is 0 Å². The Bertz CT molecular complexity index is 592. The topological polar surface area (TPSA) is 74.0 Å². The molecular weight excluding hydrogens is 326 g/mol. The molecule has 24 heavy (non-hydrogen) atoms. The lowest BCUT2D eigenvalue weighted by Gasteiger charge is -2.36. The number of halogens is 1. The van der Waals surface area contributed by atoms with Gasteiger partial charge < -0.3 is 20.9 Å². The molecule has 3 N–H and O–H groups in total. The van der Waals surface area contributed by atoms with Gasteiger partial charge in [0.1, 0.15) is 0 Å². The first-order valence-electron chi connectivity index (χ1n) is 8.11. The zero-order valence-corrected chi connectivity index (χ0v) is 15.3. The Labute approximate surface area is 148 Å². The number of benzene rings is 1. The number of hydrogen-bond donors (Lipinski definition) is 2. The van der Waals surface area contributed by atoms with Crippen LogP contribution in [0.1, 0.15) is 13.8 Å². The number of piperazine rings is 1. The fraction of sp³-hybridized carbons (Fsp3) is 0.529. The molecule has 6 nitrogen and oxygen atoms in total. The summed E-state index contributed by atoms with van der Waals surface area (Å²) in [7, 11) is 1.63. The molecule has 1 saturated heterocycles. The third-order valence-corrected chi connectivity index (χ3v) is 4.53. The third-order valence-electron chi connectivity index (χ3n) is 4.27. The van der Waals surface area contributed by atoms with Crippen LogP contribution < -0.4 is 16.0 Å². The Morgan fingerprint density at radius 1 is 1.25 bits per heavy atom. The number of carbonyl (C=O) groups excluding carboxylic acids is 1. The Morgan fingerprint density at radius 3 is 2.38 bits per heavy atom. The normalized spacial score (nSPS) is 16.2. The van der Waals surface area contributed by atoms with E-state index in [4.69, 9.17) is 17.3 Å². The second kappa shape index (κ2) is 7.75. The predicted octanol–water partition coefficient (Wildman–Crippen LogP) is 1.55. The summed E-state index contributed by atoms with van der Waals surface area (Å²) in [5.74, 6) is 0.467. The molecule has 0 radical (unpaired) electrons. The second-order valence-electron chi connectivity index (χ2n) is 6.59. The van der Waals surface area contributed by atoms with Gasteiger partial charge in [-0.25, -0.2) is 0 Å². The Morgan fingerprint density at radius 2 is 1.83 bits per heavy atom. The monoisotopic (exact) mass is 351 g/mol. The molecule has 0 atom stereocenters. The number of anilines is 1. The van der Waals surface area contributed by atoms with Crippen LogP contribution in [0.3, 0.4) is 0 Å². The van der Waals surface area contributed by atoms with Gasteiger partial charge in [-0.2, -0.15) is 0 Å². The van der Waals surface area contributed by atoms with Crippen molar-refractivity contribution in [3.63, 3.8) is 0 Å². The number of carbonyl (C=O) groups is 1. The van der Waals surface area contributed by atoms with Crippen LogP contribution in [0.4, 0.5) is 5.69 Å².